The van der Waals surface area contributed by atoms with Gasteiger partial charge >= 0.3 is 0 Å². The summed E-state index contributed by atoms with van der Waals surface area (Å²) in [6, 6.07) is 8.21. The van der Waals surface area contributed by atoms with Crippen LogP contribution in [0, 0.1) is 0 Å². The fraction of sp³-hybridized carbons (Fsp3) is 0.375. The molecule has 1 aliphatic heterocycles. The fourth-order valence-electron chi connectivity index (χ4n) is 2.76. The molecule has 1 N–H and O–H groups in total. The van der Waals surface area contributed by atoms with Crippen LogP contribution in [-0.4, -0.2) is 48.9 Å². The van der Waals surface area contributed by atoms with Crippen molar-refractivity contribution in [1.29, 1.82) is 0 Å². The Labute approximate surface area is 152 Å². The summed E-state index contributed by atoms with van der Waals surface area (Å²) in [6.45, 7) is 0.878. The molecule has 2 aromatic rings. The van der Waals surface area contributed by atoms with E-state index in [1.807, 2.05) is 0 Å². The highest BCUT2D eigenvalue weighted by Crippen LogP contribution is 2.24. The van der Waals surface area contributed by atoms with Crippen molar-refractivity contribution in [2.75, 3.05) is 25.5 Å². The number of piperidine rings is 1. The third-order valence-electron chi connectivity index (χ3n) is 4.09. The molecule has 0 bridgehead atoms. The number of benzene rings is 1. The molecule has 1 aromatic carbocycles. The number of rotatable bonds is 5. The van der Waals surface area contributed by atoms with E-state index in [0.717, 1.165) is 0 Å². The van der Waals surface area contributed by atoms with Gasteiger partial charge < -0.3 is 10.1 Å². The van der Waals surface area contributed by atoms with Crippen molar-refractivity contribution in [2.24, 2.45) is 0 Å². The number of nitrogens with zero attached hydrogens (tertiary/aromatic N) is 3. The molecule has 25 heavy (non-hydrogen) atoms. The van der Waals surface area contributed by atoms with Gasteiger partial charge in [0.05, 0.1) is 12.0 Å². The zero-order valence-electron chi connectivity index (χ0n) is 13.7. The lowest BCUT2D eigenvalue weighted by molar-refractivity contribution is 0.329. The Kier molecular flexibility index (Phi) is 5.41. The number of halogens is 1. The molecule has 1 aliphatic rings. The van der Waals surface area contributed by atoms with Gasteiger partial charge in [0.1, 0.15) is 12.1 Å². The third-order valence-corrected chi connectivity index (χ3v) is 6.22. The van der Waals surface area contributed by atoms with E-state index in [4.69, 9.17) is 16.3 Å². The topological polar surface area (TPSA) is 84.4 Å². The molecular formula is C16H19ClN4O3S. The Morgan fingerprint density at radius 1 is 1.24 bits per heavy atom. The predicted octanol–water partition coefficient (Wildman–Crippen LogP) is 2.40. The number of methoxy groups -OCH3 is 1. The first kappa shape index (κ1) is 17.9. The first-order valence-electron chi connectivity index (χ1n) is 7.87. The molecule has 9 heteroatoms. The van der Waals surface area contributed by atoms with Crippen LogP contribution >= 0.6 is 11.6 Å². The summed E-state index contributed by atoms with van der Waals surface area (Å²) in [5.74, 6) is 1.15. The summed E-state index contributed by atoms with van der Waals surface area (Å²) in [6.07, 6.45) is 2.80. The Bertz CT molecular complexity index is 839. The van der Waals surface area contributed by atoms with Crippen LogP contribution in [0.5, 0.6) is 5.88 Å². The van der Waals surface area contributed by atoms with Crippen molar-refractivity contribution in [3.05, 3.63) is 41.7 Å². The van der Waals surface area contributed by atoms with Gasteiger partial charge in [0.25, 0.3) is 0 Å². The molecular weight excluding hydrogens is 364 g/mol. The molecule has 1 aromatic heterocycles. The van der Waals surface area contributed by atoms with Crippen molar-refractivity contribution in [3.63, 3.8) is 0 Å². The second-order valence-corrected chi connectivity index (χ2v) is 8.10. The SMILES string of the molecule is COc1cc(NC2CCN(S(=O)(=O)c3cccc(Cl)c3)CC2)ncn1. The van der Waals surface area contributed by atoms with Gasteiger partial charge in [-0.05, 0) is 31.0 Å². The zero-order valence-corrected chi connectivity index (χ0v) is 15.3. The van der Waals surface area contributed by atoms with Crippen LogP contribution in [0.4, 0.5) is 5.82 Å². The highest BCUT2D eigenvalue weighted by atomic mass is 35.5. The first-order chi connectivity index (χ1) is 12.0. The van der Waals surface area contributed by atoms with Crippen molar-refractivity contribution < 1.29 is 13.2 Å². The maximum Gasteiger partial charge on any atom is 0.243 e. The number of anilines is 1. The molecule has 134 valence electrons. The number of aromatic nitrogens is 2. The van der Waals surface area contributed by atoms with Gasteiger partial charge in [-0.15, -0.1) is 0 Å². The molecule has 0 radical (unpaired) electrons. The fourth-order valence-corrected chi connectivity index (χ4v) is 4.53. The lowest BCUT2D eigenvalue weighted by Gasteiger charge is -2.31. The van der Waals surface area contributed by atoms with Gasteiger partial charge in [-0.3, -0.25) is 0 Å². The molecule has 0 unspecified atom stereocenters. The highest BCUT2D eigenvalue weighted by molar-refractivity contribution is 7.89. The summed E-state index contributed by atoms with van der Waals surface area (Å²) in [5.41, 5.74) is 0. The first-order valence-corrected chi connectivity index (χ1v) is 9.69. The summed E-state index contributed by atoms with van der Waals surface area (Å²) in [4.78, 5) is 8.35. The van der Waals surface area contributed by atoms with Crippen LogP contribution in [0.3, 0.4) is 0 Å². The van der Waals surface area contributed by atoms with E-state index in [1.54, 1.807) is 31.4 Å². The lowest BCUT2D eigenvalue weighted by atomic mass is 10.1. The number of hydrogen-bond donors (Lipinski definition) is 1. The summed E-state index contributed by atoms with van der Waals surface area (Å²) in [7, 11) is -1.97. The number of ether oxygens (including phenoxy) is 1. The van der Waals surface area contributed by atoms with E-state index >= 15 is 0 Å². The summed E-state index contributed by atoms with van der Waals surface area (Å²) >= 11 is 5.91. The minimum atomic E-state index is -3.52. The van der Waals surface area contributed by atoms with E-state index in [2.05, 4.69) is 15.3 Å². The van der Waals surface area contributed by atoms with Gasteiger partial charge in [0, 0.05) is 30.2 Å². The van der Waals surface area contributed by atoms with E-state index in [1.165, 1.54) is 16.7 Å². The quantitative estimate of drug-likeness (QED) is 0.854. The molecule has 1 saturated heterocycles. The molecule has 1 fully saturated rings. The van der Waals surface area contributed by atoms with Gasteiger partial charge in [0.2, 0.25) is 15.9 Å². The maximum absolute atomic E-state index is 12.7. The summed E-state index contributed by atoms with van der Waals surface area (Å²) in [5, 5.41) is 3.72. The second-order valence-electron chi connectivity index (χ2n) is 5.73. The molecule has 0 amide bonds. The van der Waals surface area contributed by atoms with Crippen LogP contribution in [0.2, 0.25) is 5.02 Å². The number of hydrogen-bond acceptors (Lipinski definition) is 6. The molecule has 0 saturated carbocycles. The molecule has 0 aliphatic carbocycles. The van der Waals surface area contributed by atoms with Crippen molar-refractivity contribution >= 4 is 27.4 Å². The van der Waals surface area contributed by atoms with E-state index in [-0.39, 0.29) is 10.9 Å². The molecule has 0 spiro atoms. The molecule has 2 heterocycles. The van der Waals surface area contributed by atoms with Crippen LogP contribution in [0.25, 0.3) is 0 Å². The standard InChI is InChI=1S/C16H19ClN4O3S/c1-24-16-10-15(18-11-19-16)20-13-5-7-21(8-6-13)25(22,23)14-4-2-3-12(17)9-14/h2-4,9-11,13H,5-8H2,1H3,(H,18,19,20). The largest absolute Gasteiger partial charge is 0.481 e. The molecule has 0 atom stereocenters. The minimum Gasteiger partial charge on any atom is -0.481 e. The van der Waals surface area contributed by atoms with Crippen molar-refractivity contribution in [2.45, 2.75) is 23.8 Å². The molecule has 7 nitrogen and oxygen atoms in total. The van der Waals surface area contributed by atoms with Gasteiger partial charge in [-0.1, -0.05) is 17.7 Å². The Balaban J connectivity index is 1.63. The Morgan fingerprint density at radius 3 is 2.68 bits per heavy atom. The van der Waals surface area contributed by atoms with Gasteiger partial charge in [-0.2, -0.15) is 4.31 Å². The monoisotopic (exact) mass is 382 g/mol. The molecule has 3 rings (SSSR count). The number of sulfonamides is 1. The maximum atomic E-state index is 12.7. The van der Waals surface area contributed by atoms with Crippen LogP contribution < -0.4 is 10.1 Å². The third kappa shape index (κ3) is 4.20. The van der Waals surface area contributed by atoms with E-state index < -0.39 is 10.0 Å². The van der Waals surface area contributed by atoms with Crippen molar-refractivity contribution in [3.8, 4) is 5.88 Å². The zero-order chi connectivity index (χ0) is 17.9. The predicted molar refractivity (Wildman–Crippen MR) is 95.4 cm³/mol. The average molecular weight is 383 g/mol. The normalized spacial score (nSPS) is 16.6. The highest BCUT2D eigenvalue weighted by Gasteiger charge is 2.29. The van der Waals surface area contributed by atoms with Crippen LogP contribution in [0.15, 0.2) is 41.6 Å². The Morgan fingerprint density at radius 2 is 2.00 bits per heavy atom. The van der Waals surface area contributed by atoms with Crippen LogP contribution in [0.1, 0.15) is 12.8 Å². The van der Waals surface area contributed by atoms with Crippen LogP contribution in [-0.2, 0) is 10.0 Å². The minimum absolute atomic E-state index is 0.144. The summed E-state index contributed by atoms with van der Waals surface area (Å²) < 4.78 is 32.0. The number of nitrogens with one attached hydrogen (secondary N) is 1. The Hall–Kier alpha value is -1.90. The smallest absolute Gasteiger partial charge is 0.243 e. The van der Waals surface area contributed by atoms with E-state index in [0.29, 0.717) is 42.7 Å². The van der Waals surface area contributed by atoms with E-state index in [9.17, 15) is 8.42 Å². The second kappa shape index (κ2) is 7.55. The lowest BCUT2D eigenvalue weighted by Crippen LogP contribution is -2.42. The van der Waals surface area contributed by atoms with Gasteiger partial charge in [0.15, 0.2) is 0 Å². The van der Waals surface area contributed by atoms with Crippen molar-refractivity contribution in [1.82, 2.24) is 14.3 Å². The van der Waals surface area contributed by atoms with Gasteiger partial charge in [-0.25, -0.2) is 18.4 Å². The average Bonchev–Trinajstić information content (AvgIpc) is 2.62.